The summed E-state index contributed by atoms with van der Waals surface area (Å²) in [6.45, 7) is 5.87. The predicted molar refractivity (Wildman–Crippen MR) is 128 cm³/mol. The minimum absolute atomic E-state index is 0.158. The first-order chi connectivity index (χ1) is 15.1. The number of aryl methyl sites for hydroxylation is 3. The van der Waals surface area contributed by atoms with Gasteiger partial charge in [0.05, 0.1) is 18.7 Å². The van der Waals surface area contributed by atoms with Gasteiger partial charge in [0, 0.05) is 21.2 Å². The number of ketones is 1. The third-order valence-electron chi connectivity index (χ3n) is 5.96. The zero-order chi connectivity index (χ0) is 23.2. The number of carbonyl (C=O) groups excluding carboxylic acids is 2. The average molecular weight is 468 g/mol. The van der Waals surface area contributed by atoms with E-state index in [1.807, 2.05) is 32.9 Å². The highest BCUT2D eigenvalue weighted by Crippen LogP contribution is 2.44. The number of carbonyl (C=O) groups is 2. The molecule has 32 heavy (non-hydrogen) atoms. The maximum Gasteiger partial charge on any atom is 0.264 e. The van der Waals surface area contributed by atoms with Crippen molar-refractivity contribution in [2.75, 3.05) is 4.90 Å². The Morgan fingerprint density at radius 2 is 1.66 bits per heavy atom. The fraction of sp³-hybridized carbons (Fsp3) is 0.231. The number of para-hydroxylation sites is 1. The summed E-state index contributed by atoms with van der Waals surface area (Å²) in [6, 6.07) is 15.9. The molecule has 0 bridgehead atoms. The second-order valence-electron chi connectivity index (χ2n) is 8.38. The van der Waals surface area contributed by atoms with Crippen LogP contribution in [-0.4, -0.2) is 16.8 Å². The van der Waals surface area contributed by atoms with E-state index in [4.69, 9.17) is 23.2 Å². The molecule has 1 aliphatic heterocycles. The lowest BCUT2D eigenvalue weighted by atomic mass is 9.85. The number of Topliss-reactive ketones (excluding diaryl/α,β-unsaturated/α-hetero) is 1. The molecular formula is C26H23Cl2NO3. The second-order valence-corrected chi connectivity index (χ2v) is 9.22. The summed E-state index contributed by atoms with van der Waals surface area (Å²) < 4.78 is 0. The molecule has 0 radical (unpaired) electrons. The Morgan fingerprint density at radius 3 is 2.31 bits per heavy atom. The third kappa shape index (κ3) is 3.83. The molecule has 4 nitrogen and oxygen atoms in total. The van der Waals surface area contributed by atoms with Crippen molar-refractivity contribution in [2.24, 2.45) is 0 Å². The van der Waals surface area contributed by atoms with Gasteiger partial charge in [-0.3, -0.25) is 9.59 Å². The van der Waals surface area contributed by atoms with Crippen LogP contribution in [0.1, 0.15) is 44.6 Å². The summed E-state index contributed by atoms with van der Waals surface area (Å²) in [5.41, 5.74) is 3.01. The van der Waals surface area contributed by atoms with E-state index in [0.717, 1.165) is 16.7 Å². The van der Waals surface area contributed by atoms with E-state index in [1.165, 1.54) is 4.90 Å². The number of hydrogen-bond donors (Lipinski definition) is 1. The number of anilines is 1. The van der Waals surface area contributed by atoms with Crippen molar-refractivity contribution in [3.05, 3.63) is 98.0 Å². The van der Waals surface area contributed by atoms with Crippen LogP contribution in [0.25, 0.3) is 0 Å². The van der Waals surface area contributed by atoms with E-state index in [1.54, 1.807) is 42.5 Å². The number of nitrogens with zero attached hydrogens (tertiary/aromatic N) is 1. The maximum atomic E-state index is 13.5. The molecule has 1 amide bonds. The van der Waals surface area contributed by atoms with Crippen molar-refractivity contribution in [3.8, 4) is 0 Å². The fourth-order valence-electron chi connectivity index (χ4n) is 4.60. The number of hydrogen-bond acceptors (Lipinski definition) is 3. The van der Waals surface area contributed by atoms with E-state index in [2.05, 4.69) is 0 Å². The molecule has 0 aromatic heterocycles. The van der Waals surface area contributed by atoms with Gasteiger partial charge in [-0.15, -0.1) is 0 Å². The molecule has 1 atom stereocenters. The molecule has 1 heterocycles. The Morgan fingerprint density at radius 1 is 1.00 bits per heavy atom. The molecule has 0 saturated heterocycles. The van der Waals surface area contributed by atoms with Gasteiger partial charge < -0.3 is 10.0 Å². The lowest BCUT2D eigenvalue weighted by Gasteiger charge is -2.24. The van der Waals surface area contributed by atoms with Gasteiger partial charge >= 0.3 is 0 Å². The summed E-state index contributed by atoms with van der Waals surface area (Å²) in [4.78, 5) is 28.3. The van der Waals surface area contributed by atoms with Crippen LogP contribution in [-0.2, 0) is 16.9 Å². The van der Waals surface area contributed by atoms with Crippen LogP contribution in [0.3, 0.4) is 0 Å². The Labute approximate surface area is 197 Å². The topological polar surface area (TPSA) is 57.6 Å². The van der Waals surface area contributed by atoms with Crippen molar-refractivity contribution in [3.63, 3.8) is 0 Å². The molecule has 1 unspecified atom stereocenters. The van der Waals surface area contributed by atoms with Gasteiger partial charge in [-0.05, 0) is 55.7 Å². The molecule has 1 aliphatic rings. The van der Waals surface area contributed by atoms with Crippen LogP contribution in [0.2, 0.25) is 10.0 Å². The minimum atomic E-state index is -1.95. The summed E-state index contributed by atoms with van der Waals surface area (Å²) in [7, 11) is 0. The van der Waals surface area contributed by atoms with Crippen molar-refractivity contribution in [2.45, 2.75) is 39.3 Å². The van der Waals surface area contributed by atoms with Gasteiger partial charge in [0.1, 0.15) is 0 Å². The molecule has 4 rings (SSSR count). The van der Waals surface area contributed by atoms with E-state index in [9.17, 15) is 14.7 Å². The highest BCUT2D eigenvalue weighted by atomic mass is 35.5. The third-order valence-corrected chi connectivity index (χ3v) is 6.54. The van der Waals surface area contributed by atoms with Crippen LogP contribution in [0.5, 0.6) is 0 Å². The molecule has 164 valence electrons. The molecule has 0 aliphatic carbocycles. The largest absolute Gasteiger partial charge is 0.375 e. The second kappa shape index (κ2) is 8.36. The van der Waals surface area contributed by atoms with Crippen LogP contribution >= 0.6 is 23.2 Å². The first kappa shape index (κ1) is 22.5. The SMILES string of the molecule is Cc1cc(C)c(C(=O)CC2(O)C(=O)N(Cc3ccc(Cl)cc3Cl)c3ccccc32)c(C)c1. The number of aliphatic hydroxyl groups is 1. The van der Waals surface area contributed by atoms with Gasteiger partial charge in [0.15, 0.2) is 11.4 Å². The predicted octanol–water partition coefficient (Wildman–Crippen LogP) is 5.93. The zero-order valence-electron chi connectivity index (χ0n) is 18.1. The summed E-state index contributed by atoms with van der Waals surface area (Å²) in [6.07, 6.45) is -0.335. The number of fused-ring (bicyclic) bond motifs is 1. The Kier molecular flexibility index (Phi) is 5.89. The van der Waals surface area contributed by atoms with Crippen molar-refractivity contribution in [1.82, 2.24) is 0 Å². The number of rotatable bonds is 5. The molecule has 0 saturated carbocycles. The number of benzene rings is 3. The smallest absolute Gasteiger partial charge is 0.264 e. The van der Waals surface area contributed by atoms with E-state index >= 15 is 0 Å². The van der Waals surface area contributed by atoms with Crippen LogP contribution in [0.4, 0.5) is 5.69 Å². The first-order valence-electron chi connectivity index (χ1n) is 10.3. The zero-order valence-corrected chi connectivity index (χ0v) is 19.6. The molecular weight excluding hydrogens is 445 g/mol. The maximum absolute atomic E-state index is 13.5. The highest BCUT2D eigenvalue weighted by molar-refractivity contribution is 6.35. The molecule has 6 heteroatoms. The van der Waals surface area contributed by atoms with Gasteiger partial charge in [-0.2, -0.15) is 0 Å². The highest BCUT2D eigenvalue weighted by Gasteiger charge is 2.51. The van der Waals surface area contributed by atoms with E-state index < -0.39 is 11.5 Å². The van der Waals surface area contributed by atoms with E-state index in [0.29, 0.717) is 32.4 Å². The monoisotopic (exact) mass is 467 g/mol. The quantitative estimate of drug-likeness (QED) is 0.473. The number of halogens is 2. The van der Waals surface area contributed by atoms with Crippen molar-refractivity contribution < 1.29 is 14.7 Å². The molecule has 0 fully saturated rings. The van der Waals surface area contributed by atoms with Crippen LogP contribution in [0.15, 0.2) is 54.6 Å². The van der Waals surface area contributed by atoms with Crippen molar-refractivity contribution in [1.29, 1.82) is 0 Å². The van der Waals surface area contributed by atoms with Crippen LogP contribution < -0.4 is 4.90 Å². The Hall–Kier alpha value is -2.66. The summed E-state index contributed by atoms with van der Waals surface area (Å²) in [5.74, 6) is -0.808. The van der Waals surface area contributed by atoms with Gasteiger partial charge in [0.25, 0.3) is 5.91 Å². The van der Waals surface area contributed by atoms with Gasteiger partial charge in [0.2, 0.25) is 0 Å². The molecule has 1 N–H and O–H groups in total. The van der Waals surface area contributed by atoms with E-state index in [-0.39, 0.29) is 18.7 Å². The molecule has 0 spiro atoms. The summed E-state index contributed by atoms with van der Waals surface area (Å²) in [5, 5.41) is 12.5. The first-order valence-corrected chi connectivity index (χ1v) is 11.1. The number of amides is 1. The van der Waals surface area contributed by atoms with Gasteiger partial charge in [-0.25, -0.2) is 0 Å². The van der Waals surface area contributed by atoms with Crippen LogP contribution in [0, 0.1) is 20.8 Å². The van der Waals surface area contributed by atoms with Crippen molar-refractivity contribution >= 4 is 40.6 Å². The lowest BCUT2D eigenvalue weighted by molar-refractivity contribution is -0.136. The lowest BCUT2D eigenvalue weighted by Crippen LogP contribution is -2.41. The Bertz CT molecular complexity index is 1230. The normalized spacial score (nSPS) is 17.6. The minimum Gasteiger partial charge on any atom is -0.375 e. The average Bonchev–Trinajstić information content (AvgIpc) is 2.91. The molecule has 3 aromatic carbocycles. The van der Waals surface area contributed by atoms with Gasteiger partial charge in [-0.1, -0.05) is 65.2 Å². The standard InChI is InChI=1S/C26H23Cl2NO3/c1-15-10-16(2)24(17(3)11-15)23(30)13-26(32)20-6-4-5-7-22(20)29(25(26)31)14-18-8-9-19(27)12-21(18)28/h4-12,32H,13-14H2,1-3H3. The fourth-order valence-corrected chi connectivity index (χ4v) is 5.06. The summed E-state index contributed by atoms with van der Waals surface area (Å²) >= 11 is 12.3. The Balaban J connectivity index is 1.72. The molecule has 3 aromatic rings.